The molecule has 4 nitrogen and oxygen atoms in total. The van der Waals surface area contributed by atoms with Gasteiger partial charge in [-0.3, -0.25) is 14.5 Å². The van der Waals surface area contributed by atoms with E-state index in [0.29, 0.717) is 5.69 Å². The zero-order valence-corrected chi connectivity index (χ0v) is 16.1. The minimum Gasteiger partial charge on any atom is -0.374 e. The molecule has 2 aromatic carbocycles. The van der Waals surface area contributed by atoms with Gasteiger partial charge < -0.3 is 4.74 Å². The van der Waals surface area contributed by atoms with Crippen molar-refractivity contribution in [2.45, 2.75) is 37.4 Å². The van der Waals surface area contributed by atoms with Crippen molar-refractivity contribution in [3.8, 4) is 0 Å². The predicted molar refractivity (Wildman–Crippen MR) is 109 cm³/mol. The Morgan fingerprint density at radius 3 is 2.24 bits per heavy atom. The number of carbonyl (C=O) groups is 2. The van der Waals surface area contributed by atoms with E-state index in [1.807, 2.05) is 48.5 Å². The topological polar surface area (TPSA) is 46.6 Å². The van der Waals surface area contributed by atoms with Crippen LogP contribution in [0.5, 0.6) is 0 Å². The number of hydrogen-bond donors (Lipinski definition) is 0. The number of nitrogens with zero attached hydrogens (tertiary/aromatic N) is 1. The third-order valence-electron chi connectivity index (χ3n) is 7.20. The van der Waals surface area contributed by atoms with E-state index < -0.39 is 0 Å². The molecule has 3 aliphatic heterocycles. The third-order valence-corrected chi connectivity index (χ3v) is 7.20. The highest BCUT2D eigenvalue weighted by molar-refractivity contribution is 6.22. The summed E-state index contributed by atoms with van der Waals surface area (Å²) < 4.78 is 6.22. The van der Waals surface area contributed by atoms with Crippen LogP contribution in [0.2, 0.25) is 0 Å². The van der Waals surface area contributed by atoms with Gasteiger partial charge in [-0.2, -0.15) is 0 Å². The highest BCUT2D eigenvalue weighted by atomic mass is 16.5. The molecule has 0 aromatic heterocycles. The van der Waals surface area contributed by atoms with Crippen molar-refractivity contribution in [2.75, 3.05) is 4.90 Å². The molecular weight excluding hydrogens is 362 g/mol. The molecular formula is C25H23NO3. The van der Waals surface area contributed by atoms with Gasteiger partial charge in [0, 0.05) is 11.8 Å². The number of rotatable bonds is 2. The lowest BCUT2D eigenvalue weighted by atomic mass is 9.64. The van der Waals surface area contributed by atoms with Crippen LogP contribution in [0, 0.1) is 17.8 Å². The molecule has 0 spiro atoms. The average molecular weight is 385 g/mol. The molecule has 0 saturated carbocycles. The summed E-state index contributed by atoms with van der Waals surface area (Å²) in [5, 5.41) is 0. The number of hydrogen-bond acceptors (Lipinski definition) is 3. The molecule has 4 heteroatoms. The third kappa shape index (κ3) is 2.48. The number of carbonyl (C=O) groups excluding carboxylic acids is 2. The van der Waals surface area contributed by atoms with Crippen LogP contribution in [0.4, 0.5) is 5.69 Å². The molecule has 29 heavy (non-hydrogen) atoms. The van der Waals surface area contributed by atoms with Crippen LogP contribution in [0.1, 0.15) is 30.7 Å². The predicted octanol–water partition coefficient (Wildman–Crippen LogP) is 4.08. The van der Waals surface area contributed by atoms with Crippen LogP contribution >= 0.6 is 0 Å². The van der Waals surface area contributed by atoms with Gasteiger partial charge in [-0.25, -0.2) is 0 Å². The summed E-state index contributed by atoms with van der Waals surface area (Å²) in [5.74, 6) is -0.859. The van der Waals surface area contributed by atoms with Crippen LogP contribution in [0.25, 0.3) is 0 Å². The minimum absolute atomic E-state index is 0.0314. The smallest absolute Gasteiger partial charge is 0.238 e. The van der Waals surface area contributed by atoms with Gasteiger partial charge in [-0.1, -0.05) is 60.2 Å². The van der Waals surface area contributed by atoms with E-state index in [-0.39, 0.29) is 47.7 Å². The van der Waals surface area contributed by atoms with Gasteiger partial charge in [0.15, 0.2) is 0 Å². The molecule has 0 unspecified atom stereocenters. The van der Waals surface area contributed by atoms with Crippen molar-refractivity contribution in [1.82, 2.24) is 0 Å². The van der Waals surface area contributed by atoms with Crippen LogP contribution in [0.15, 0.2) is 72.3 Å². The van der Waals surface area contributed by atoms with E-state index in [2.05, 4.69) is 18.2 Å². The monoisotopic (exact) mass is 385 g/mol. The molecule has 2 bridgehead atoms. The quantitative estimate of drug-likeness (QED) is 0.578. The number of imide groups is 1. The molecule has 3 saturated heterocycles. The van der Waals surface area contributed by atoms with Crippen LogP contribution in [-0.2, 0) is 14.3 Å². The van der Waals surface area contributed by atoms with E-state index in [4.69, 9.17) is 4.74 Å². The van der Waals surface area contributed by atoms with Gasteiger partial charge >= 0.3 is 0 Å². The van der Waals surface area contributed by atoms with E-state index in [9.17, 15) is 9.59 Å². The summed E-state index contributed by atoms with van der Waals surface area (Å²) in [4.78, 5) is 28.8. The Kier molecular flexibility index (Phi) is 3.78. The first kappa shape index (κ1) is 17.2. The Balaban J connectivity index is 1.50. The lowest BCUT2D eigenvalue weighted by Crippen LogP contribution is -2.44. The highest BCUT2D eigenvalue weighted by Gasteiger charge is 2.60. The van der Waals surface area contributed by atoms with E-state index >= 15 is 0 Å². The SMILES string of the molecule is O=C1[C@H]2[C@@H](C(=O)N1c1ccccc1)[C@H](c1ccccc1)C=C1C[C@H]3CC[C@H](O3)[C@@H]12. The Morgan fingerprint density at radius 1 is 0.793 bits per heavy atom. The first-order valence-electron chi connectivity index (χ1n) is 10.6. The number of amides is 2. The summed E-state index contributed by atoms with van der Waals surface area (Å²) in [6, 6.07) is 19.5. The highest BCUT2D eigenvalue weighted by Crippen LogP contribution is 2.55. The summed E-state index contributed by atoms with van der Waals surface area (Å²) in [6.07, 6.45) is 5.56. The molecule has 4 aliphatic rings. The van der Waals surface area contributed by atoms with Crippen LogP contribution in [-0.4, -0.2) is 24.0 Å². The van der Waals surface area contributed by atoms with Crippen molar-refractivity contribution >= 4 is 17.5 Å². The molecule has 1 aliphatic carbocycles. The minimum atomic E-state index is -0.361. The number of allylic oxidation sites excluding steroid dienone is 1. The van der Waals surface area contributed by atoms with Crippen molar-refractivity contribution in [1.29, 1.82) is 0 Å². The van der Waals surface area contributed by atoms with E-state index in [1.165, 1.54) is 10.5 Å². The molecule has 6 rings (SSSR count). The van der Waals surface area contributed by atoms with Gasteiger partial charge in [0.2, 0.25) is 11.8 Å². The molecule has 0 N–H and O–H groups in total. The second-order valence-electron chi connectivity index (χ2n) is 8.68. The largest absolute Gasteiger partial charge is 0.374 e. The number of benzene rings is 2. The Hall–Kier alpha value is -2.72. The Labute approximate surface area is 170 Å². The second kappa shape index (κ2) is 6.39. The zero-order valence-electron chi connectivity index (χ0n) is 16.1. The molecule has 146 valence electrons. The van der Waals surface area contributed by atoms with Gasteiger partial charge in [0.05, 0.1) is 29.7 Å². The molecule has 2 amide bonds. The standard InChI is InChI=1S/C25H23NO3/c27-24-22-19(15-7-3-1-4-8-15)14-16-13-18-11-12-20(29-18)21(16)23(22)25(28)26(24)17-9-5-2-6-10-17/h1-10,14,18-23H,11-13H2/t18-,19+,20+,21-,22+,23-/m1/s1. The number of ether oxygens (including phenoxy) is 1. The first-order chi connectivity index (χ1) is 14.2. The van der Waals surface area contributed by atoms with Gasteiger partial charge in [0.1, 0.15) is 0 Å². The summed E-state index contributed by atoms with van der Waals surface area (Å²) in [7, 11) is 0. The van der Waals surface area contributed by atoms with Crippen molar-refractivity contribution in [2.24, 2.45) is 17.8 Å². The number of anilines is 1. The fraction of sp³-hybridized carbons (Fsp3) is 0.360. The maximum absolute atomic E-state index is 13.7. The molecule has 6 atom stereocenters. The summed E-state index contributed by atoms with van der Waals surface area (Å²) in [6.45, 7) is 0. The molecule has 3 fully saturated rings. The van der Waals surface area contributed by atoms with Crippen molar-refractivity contribution in [3.63, 3.8) is 0 Å². The number of para-hydroxylation sites is 1. The van der Waals surface area contributed by atoms with Gasteiger partial charge in [-0.15, -0.1) is 0 Å². The maximum Gasteiger partial charge on any atom is 0.238 e. The fourth-order valence-corrected chi connectivity index (χ4v) is 6.04. The van der Waals surface area contributed by atoms with E-state index in [1.54, 1.807) is 0 Å². The second-order valence-corrected chi connectivity index (χ2v) is 8.68. The molecule has 2 aromatic rings. The van der Waals surface area contributed by atoms with Gasteiger partial charge in [-0.05, 0) is 37.0 Å². The normalized spacial score (nSPS) is 35.3. The molecule has 3 heterocycles. The lowest BCUT2D eigenvalue weighted by molar-refractivity contribution is -0.126. The summed E-state index contributed by atoms with van der Waals surface area (Å²) in [5.41, 5.74) is 3.12. The van der Waals surface area contributed by atoms with Crippen LogP contribution in [0.3, 0.4) is 0 Å². The molecule has 0 radical (unpaired) electrons. The average Bonchev–Trinajstić information content (AvgIpc) is 3.27. The van der Waals surface area contributed by atoms with Crippen molar-refractivity contribution in [3.05, 3.63) is 77.9 Å². The first-order valence-corrected chi connectivity index (χ1v) is 10.6. The maximum atomic E-state index is 13.7. The van der Waals surface area contributed by atoms with Crippen molar-refractivity contribution < 1.29 is 14.3 Å². The Morgan fingerprint density at radius 2 is 1.48 bits per heavy atom. The fourth-order valence-electron chi connectivity index (χ4n) is 6.04. The van der Waals surface area contributed by atoms with Crippen LogP contribution < -0.4 is 4.90 Å². The zero-order chi connectivity index (χ0) is 19.5. The van der Waals surface area contributed by atoms with Gasteiger partial charge in [0.25, 0.3) is 0 Å². The Bertz CT molecular complexity index is 999. The lowest BCUT2D eigenvalue weighted by Gasteiger charge is -2.42. The van der Waals surface area contributed by atoms with E-state index in [0.717, 1.165) is 24.8 Å². The number of fused-ring (bicyclic) bond motifs is 6. The summed E-state index contributed by atoms with van der Waals surface area (Å²) >= 11 is 0.